The Labute approximate surface area is 307 Å². The molecule has 0 aliphatic carbocycles. The van der Waals surface area contributed by atoms with Gasteiger partial charge in [0.05, 0.1) is 6.10 Å². The highest BCUT2D eigenvalue weighted by Gasteiger charge is 2.12. The lowest BCUT2D eigenvalue weighted by molar-refractivity contribution is -0.152. The lowest BCUT2D eigenvalue weighted by Crippen LogP contribution is -2.25. The summed E-state index contributed by atoms with van der Waals surface area (Å²) in [4.78, 5) is 23.9. The first kappa shape index (κ1) is 47.6. The highest BCUT2D eigenvalue weighted by atomic mass is 16.6. The lowest BCUT2D eigenvalue weighted by atomic mass is 10.0. The van der Waals surface area contributed by atoms with Crippen molar-refractivity contribution in [3.8, 4) is 0 Å². The molecule has 0 aromatic heterocycles. The molecule has 50 heavy (non-hydrogen) atoms. The van der Waals surface area contributed by atoms with E-state index in [1.807, 2.05) is 37.3 Å². The van der Waals surface area contributed by atoms with Gasteiger partial charge in [0, 0.05) is 12.8 Å². The van der Waals surface area contributed by atoms with Crippen LogP contribution in [0.25, 0.3) is 0 Å². The zero-order valence-electron chi connectivity index (χ0n) is 32.3. The summed E-state index contributed by atoms with van der Waals surface area (Å²) < 4.78 is 10.3. The van der Waals surface area contributed by atoms with E-state index in [0.29, 0.717) is 19.3 Å². The third-order valence-corrected chi connectivity index (χ3v) is 8.59. The highest BCUT2D eigenvalue weighted by Crippen LogP contribution is 2.15. The minimum Gasteiger partial charge on any atom is -0.463 e. The van der Waals surface area contributed by atoms with Gasteiger partial charge in [-0.15, -0.1) is 0 Å². The van der Waals surface area contributed by atoms with E-state index < -0.39 is 12.2 Å². The molecule has 2 atom stereocenters. The second kappa shape index (κ2) is 39.3. The molecule has 0 aromatic carbocycles. The van der Waals surface area contributed by atoms with Crippen molar-refractivity contribution in [2.24, 2.45) is 0 Å². The van der Waals surface area contributed by atoms with Gasteiger partial charge in [0.25, 0.3) is 0 Å². The Morgan fingerprint density at radius 1 is 0.520 bits per heavy atom. The SMILES string of the molecule is CC/C=C\C(O)C/C=C/C=C\C/C=C\C/C=C\CCCC(=O)OC[C@@H](O)COC(=O)CCCCCCCCCCCCCCCCCCCC. The number of hydrogen-bond donors (Lipinski definition) is 2. The molecule has 0 saturated carbocycles. The largest absolute Gasteiger partial charge is 0.463 e. The molecule has 6 nitrogen and oxygen atoms in total. The van der Waals surface area contributed by atoms with Crippen LogP contribution in [0.3, 0.4) is 0 Å². The van der Waals surface area contributed by atoms with Crippen LogP contribution < -0.4 is 0 Å². The Hall–Kier alpha value is -2.44. The number of carbonyl (C=O) groups is 2. The van der Waals surface area contributed by atoms with Gasteiger partial charge in [-0.2, -0.15) is 0 Å². The van der Waals surface area contributed by atoms with Crippen LogP contribution >= 0.6 is 0 Å². The molecule has 0 aliphatic heterocycles. The molecule has 0 saturated heterocycles. The number of unbranched alkanes of at least 4 members (excludes halogenated alkanes) is 18. The first-order valence-corrected chi connectivity index (χ1v) is 20.4. The molecule has 0 bridgehead atoms. The van der Waals surface area contributed by atoms with Crippen molar-refractivity contribution in [2.45, 2.75) is 193 Å². The summed E-state index contributed by atoms with van der Waals surface area (Å²) in [6.07, 6.45) is 47.7. The predicted molar refractivity (Wildman–Crippen MR) is 211 cm³/mol. The van der Waals surface area contributed by atoms with Gasteiger partial charge >= 0.3 is 11.9 Å². The maximum absolute atomic E-state index is 12.0. The van der Waals surface area contributed by atoms with E-state index in [4.69, 9.17) is 9.47 Å². The van der Waals surface area contributed by atoms with Crippen molar-refractivity contribution in [3.05, 3.63) is 60.8 Å². The molecule has 0 rings (SSSR count). The van der Waals surface area contributed by atoms with Crippen LogP contribution in [-0.2, 0) is 19.1 Å². The van der Waals surface area contributed by atoms with Crippen LogP contribution in [0.15, 0.2) is 60.8 Å². The van der Waals surface area contributed by atoms with Crippen molar-refractivity contribution in [1.29, 1.82) is 0 Å². The lowest BCUT2D eigenvalue weighted by Gasteiger charge is -2.12. The van der Waals surface area contributed by atoms with Crippen molar-refractivity contribution in [2.75, 3.05) is 13.2 Å². The Bertz CT molecular complexity index is 902. The molecule has 0 radical (unpaired) electrons. The summed E-state index contributed by atoms with van der Waals surface area (Å²) in [5, 5.41) is 19.7. The smallest absolute Gasteiger partial charge is 0.305 e. The van der Waals surface area contributed by atoms with Crippen molar-refractivity contribution < 1.29 is 29.3 Å². The fraction of sp³-hybridized carbons (Fsp3) is 0.727. The molecule has 2 N–H and O–H groups in total. The normalized spacial score (nSPS) is 13.4. The molecule has 0 aliphatic rings. The van der Waals surface area contributed by atoms with E-state index in [2.05, 4.69) is 37.3 Å². The molecule has 0 heterocycles. The van der Waals surface area contributed by atoms with Crippen molar-refractivity contribution in [1.82, 2.24) is 0 Å². The van der Waals surface area contributed by atoms with Crippen LogP contribution in [0.1, 0.15) is 181 Å². The fourth-order valence-corrected chi connectivity index (χ4v) is 5.50. The first-order valence-electron chi connectivity index (χ1n) is 20.4. The summed E-state index contributed by atoms with van der Waals surface area (Å²) in [5.74, 6) is -0.652. The predicted octanol–water partition coefficient (Wildman–Crippen LogP) is 11.8. The quantitative estimate of drug-likeness (QED) is 0.0292. The monoisotopic (exact) mass is 701 g/mol. The van der Waals surface area contributed by atoms with E-state index >= 15 is 0 Å². The second-order valence-electron chi connectivity index (χ2n) is 13.6. The number of aliphatic hydroxyl groups is 2. The van der Waals surface area contributed by atoms with Crippen LogP contribution in [-0.4, -0.2) is 47.6 Å². The first-order chi connectivity index (χ1) is 24.5. The van der Waals surface area contributed by atoms with Crippen LogP contribution in [0.2, 0.25) is 0 Å². The minimum atomic E-state index is -0.998. The Balaban J connectivity index is 3.55. The fourth-order valence-electron chi connectivity index (χ4n) is 5.50. The van der Waals surface area contributed by atoms with E-state index in [1.54, 1.807) is 0 Å². The number of aliphatic hydroxyl groups excluding tert-OH is 2. The standard InChI is InChI=1S/C44H76O6/c1-3-5-7-8-9-10-11-12-13-14-15-16-17-21-24-27-30-33-37-43(47)49-39-42(46)40-50-44(48)38-34-31-28-25-22-19-18-20-23-26-29-32-36-41(45)35-6-4-2/h6,18-19,23,25-26,28-29,32,35,41-42,45-46H,3-5,7-17,20-22,24,27,30-31,33-34,36-40H2,1-2H3/b19-18-,26-23-,28-25-,32-29+,35-6-/t41?,42-/m0/s1. The molecule has 0 amide bonds. The van der Waals surface area contributed by atoms with E-state index in [-0.39, 0.29) is 31.6 Å². The summed E-state index contributed by atoms with van der Waals surface area (Å²) >= 11 is 0. The van der Waals surface area contributed by atoms with Gasteiger partial charge in [0.1, 0.15) is 19.3 Å². The highest BCUT2D eigenvalue weighted by molar-refractivity contribution is 5.69. The van der Waals surface area contributed by atoms with Gasteiger partial charge < -0.3 is 19.7 Å². The van der Waals surface area contributed by atoms with E-state index in [9.17, 15) is 19.8 Å². The summed E-state index contributed by atoms with van der Waals surface area (Å²) in [7, 11) is 0. The maximum atomic E-state index is 12.0. The van der Waals surface area contributed by atoms with Gasteiger partial charge in [0.15, 0.2) is 0 Å². The third kappa shape index (κ3) is 38.4. The average molecular weight is 701 g/mol. The second-order valence-corrected chi connectivity index (χ2v) is 13.6. The van der Waals surface area contributed by atoms with Gasteiger partial charge in [0.2, 0.25) is 0 Å². The molecule has 1 unspecified atom stereocenters. The molecule has 288 valence electrons. The molecular formula is C44H76O6. The molecule has 0 spiro atoms. The zero-order chi connectivity index (χ0) is 36.6. The number of allylic oxidation sites excluding steroid dienone is 8. The van der Waals surface area contributed by atoms with E-state index in [1.165, 1.54) is 96.3 Å². The number of esters is 2. The van der Waals surface area contributed by atoms with Crippen LogP contribution in [0.5, 0.6) is 0 Å². The molecule has 6 heteroatoms. The minimum absolute atomic E-state index is 0.144. The van der Waals surface area contributed by atoms with Gasteiger partial charge in [-0.1, -0.05) is 184 Å². The topological polar surface area (TPSA) is 93.1 Å². The Kier molecular flexibility index (Phi) is 37.4. The molecule has 0 aromatic rings. The molecular weight excluding hydrogens is 624 g/mol. The Morgan fingerprint density at radius 3 is 1.48 bits per heavy atom. The Morgan fingerprint density at radius 2 is 0.960 bits per heavy atom. The molecule has 0 fully saturated rings. The average Bonchev–Trinajstić information content (AvgIpc) is 3.11. The zero-order valence-corrected chi connectivity index (χ0v) is 32.3. The van der Waals surface area contributed by atoms with Crippen molar-refractivity contribution in [3.63, 3.8) is 0 Å². The van der Waals surface area contributed by atoms with E-state index in [0.717, 1.165) is 44.9 Å². The van der Waals surface area contributed by atoms with Gasteiger partial charge in [-0.25, -0.2) is 0 Å². The summed E-state index contributed by atoms with van der Waals surface area (Å²) in [5.41, 5.74) is 0. The van der Waals surface area contributed by atoms with Crippen molar-refractivity contribution >= 4 is 11.9 Å². The maximum Gasteiger partial charge on any atom is 0.305 e. The summed E-state index contributed by atoms with van der Waals surface area (Å²) in [6, 6.07) is 0. The van der Waals surface area contributed by atoms with Gasteiger partial charge in [-0.05, 0) is 44.9 Å². The van der Waals surface area contributed by atoms with Crippen LogP contribution in [0, 0.1) is 0 Å². The van der Waals surface area contributed by atoms with Crippen LogP contribution in [0.4, 0.5) is 0 Å². The number of hydrogen-bond acceptors (Lipinski definition) is 6. The van der Waals surface area contributed by atoms with Gasteiger partial charge in [-0.3, -0.25) is 9.59 Å². The summed E-state index contributed by atoms with van der Waals surface area (Å²) in [6.45, 7) is 4.02. The third-order valence-electron chi connectivity index (χ3n) is 8.59. The number of rotatable bonds is 36. The number of ether oxygens (including phenoxy) is 2. The number of carbonyl (C=O) groups excluding carboxylic acids is 2.